The Morgan fingerprint density at radius 3 is 2.73 bits per heavy atom. The van der Waals surface area contributed by atoms with E-state index in [9.17, 15) is 9.90 Å². The van der Waals surface area contributed by atoms with Gasteiger partial charge in [-0.1, -0.05) is 23.8 Å². The second kappa shape index (κ2) is 9.62. The van der Waals surface area contributed by atoms with Crippen LogP contribution < -0.4 is 10.2 Å². The third-order valence-corrected chi connectivity index (χ3v) is 5.21. The summed E-state index contributed by atoms with van der Waals surface area (Å²) >= 11 is 4.24. The number of hydrogen-bond donors (Lipinski definition) is 3. The molecule has 0 aliphatic rings. The van der Waals surface area contributed by atoms with Crippen LogP contribution >= 0.6 is 12.6 Å². The Hall–Kier alpha value is -3.07. The predicted molar refractivity (Wildman–Crippen MR) is 120 cm³/mol. The lowest BCUT2D eigenvalue weighted by atomic mass is 10.1. The van der Waals surface area contributed by atoms with Crippen LogP contribution in [0.5, 0.6) is 0 Å². The van der Waals surface area contributed by atoms with Gasteiger partial charge in [-0.05, 0) is 67.4 Å². The molecule has 2 aromatic carbocycles. The van der Waals surface area contributed by atoms with Crippen LogP contribution in [-0.4, -0.2) is 50.4 Å². The van der Waals surface area contributed by atoms with Crippen LogP contribution in [-0.2, 0) is 4.79 Å². The van der Waals surface area contributed by atoms with Crippen LogP contribution in [0.25, 0.3) is 5.69 Å². The first-order chi connectivity index (χ1) is 14.4. The summed E-state index contributed by atoms with van der Waals surface area (Å²) in [6.45, 7) is 7.09. The normalized spacial score (nSPS) is 11.9. The molecule has 3 aromatic rings. The standard InChI is InChI=1S/C21H26N6O2S/c1-14-8-9-19(15(2)12-14)26(16(3)20(28)29)11-5-10-22-17-6-4-7-18(13-17)27-21(30)23-24-25-27/h4,6-9,12-13,16,22H,5,10-11H2,1-3H3,(H,28,29)(H,23,25,30). The molecule has 0 bridgehead atoms. The Bertz CT molecular complexity index is 1020. The largest absolute Gasteiger partial charge is 0.480 e. The number of carboxylic acids is 1. The molecule has 0 amide bonds. The topological polar surface area (TPSA) is 96.2 Å². The minimum absolute atomic E-state index is 0.416. The molecule has 30 heavy (non-hydrogen) atoms. The summed E-state index contributed by atoms with van der Waals surface area (Å²) in [5.41, 5.74) is 4.93. The molecular weight excluding hydrogens is 400 g/mol. The fourth-order valence-electron chi connectivity index (χ4n) is 3.36. The van der Waals surface area contributed by atoms with Gasteiger partial charge in [0.15, 0.2) is 0 Å². The van der Waals surface area contributed by atoms with Crippen LogP contribution in [0.3, 0.4) is 0 Å². The molecule has 1 unspecified atom stereocenters. The van der Waals surface area contributed by atoms with E-state index in [0.29, 0.717) is 18.2 Å². The molecule has 0 spiro atoms. The third-order valence-electron chi connectivity index (χ3n) is 4.94. The molecule has 0 saturated heterocycles. The zero-order valence-corrected chi connectivity index (χ0v) is 18.2. The Labute approximate surface area is 181 Å². The Morgan fingerprint density at radius 2 is 2.07 bits per heavy atom. The number of benzene rings is 2. The van der Waals surface area contributed by atoms with Gasteiger partial charge in [0.2, 0.25) is 5.16 Å². The highest BCUT2D eigenvalue weighted by atomic mass is 32.1. The van der Waals surface area contributed by atoms with Gasteiger partial charge in [0.1, 0.15) is 6.04 Å². The summed E-state index contributed by atoms with van der Waals surface area (Å²) in [7, 11) is 0. The maximum absolute atomic E-state index is 11.6. The number of anilines is 2. The highest BCUT2D eigenvalue weighted by molar-refractivity contribution is 7.80. The van der Waals surface area contributed by atoms with Crippen molar-refractivity contribution in [2.24, 2.45) is 0 Å². The summed E-state index contributed by atoms with van der Waals surface area (Å²) in [5, 5.41) is 24.7. The number of nitrogens with one attached hydrogen (secondary N) is 1. The Kier molecular flexibility index (Phi) is 6.94. The number of aromatic nitrogens is 4. The number of hydrogen-bond acceptors (Lipinski definition) is 7. The number of tetrazole rings is 1. The average Bonchev–Trinajstić information content (AvgIpc) is 3.14. The van der Waals surface area contributed by atoms with Crippen LogP contribution in [0, 0.1) is 13.8 Å². The zero-order valence-electron chi connectivity index (χ0n) is 17.3. The number of nitrogens with zero attached hydrogens (tertiary/aromatic N) is 5. The van der Waals surface area contributed by atoms with E-state index in [1.807, 2.05) is 55.1 Å². The van der Waals surface area contributed by atoms with E-state index in [4.69, 9.17) is 0 Å². The molecule has 8 nitrogen and oxygen atoms in total. The maximum Gasteiger partial charge on any atom is 0.326 e. The zero-order chi connectivity index (χ0) is 21.7. The molecule has 1 atom stereocenters. The number of aryl methyl sites for hydroxylation is 2. The molecule has 1 aromatic heterocycles. The van der Waals surface area contributed by atoms with Gasteiger partial charge < -0.3 is 15.3 Å². The van der Waals surface area contributed by atoms with Crippen LogP contribution in [0.2, 0.25) is 0 Å². The van der Waals surface area contributed by atoms with Gasteiger partial charge in [-0.25, -0.2) is 4.79 Å². The molecular formula is C21H26N6O2S. The van der Waals surface area contributed by atoms with Gasteiger partial charge in [-0.15, -0.1) is 17.7 Å². The highest BCUT2D eigenvalue weighted by Crippen LogP contribution is 2.24. The fourth-order valence-corrected chi connectivity index (χ4v) is 3.56. The van der Waals surface area contributed by atoms with E-state index in [1.165, 1.54) is 0 Å². The molecule has 0 saturated carbocycles. The number of rotatable bonds is 9. The minimum atomic E-state index is -0.834. The Morgan fingerprint density at radius 1 is 1.27 bits per heavy atom. The van der Waals surface area contributed by atoms with Crippen molar-refractivity contribution in [1.29, 1.82) is 0 Å². The van der Waals surface area contributed by atoms with Crippen molar-refractivity contribution in [2.75, 3.05) is 23.3 Å². The van der Waals surface area contributed by atoms with Gasteiger partial charge in [0.05, 0.1) is 5.69 Å². The summed E-state index contributed by atoms with van der Waals surface area (Å²) in [4.78, 5) is 13.6. The first-order valence-corrected chi connectivity index (χ1v) is 10.2. The molecule has 0 aliphatic carbocycles. The second-order valence-electron chi connectivity index (χ2n) is 7.22. The van der Waals surface area contributed by atoms with Gasteiger partial charge in [-0.2, -0.15) is 4.68 Å². The molecule has 2 N–H and O–H groups in total. The molecule has 9 heteroatoms. The predicted octanol–water partition coefficient (Wildman–Crippen LogP) is 3.35. The summed E-state index contributed by atoms with van der Waals surface area (Å²) in [6, 6.07) is 13.2. The highest BCUT2D eigenvalue weighted by Gasteiger charge is 2.22. The lowest BCUT2D eigenvalue weighted by Crippen LogP contribution is -2.40. The van der Waals surface area contributed by atoms with Crippen molar-refractivity contribution in [1.82, 2.24) is 20.2 Å². The van der Waals surface area contributed by atoms with E-state index in [-0.39, 0.29) is 0 Å². The van der Waals surface area contributed by atoms with Crippen LogP contribution in [0.1, 0.15) is 24.5 Å². The summed E-state index contributed by atoms with van der Waals surface area (Å²) < 4.78 is 1.55. The first-order valence-electron chi connectivity index (χ1n) is 9.75. The number of carbonyl (C=O) groups is 1. The quantitative estimate of drug-likeness (QED) is 0.357. The smallest absolute Gasteiger partial charge is 0.326 e. The molecule has 3 rings (SSSR count). The van der Waals surface area contributed by atoms with Crippen LogP contribution in [0.4, 0.5) is 11.4 Å². The lowest BCUT2D eigenvalue weighted by molar-refractivity contribution is -0.138. The molecule has 158 valence electrons. The third kappa shape index (κ3) is 5.10. The molecule has 0 aliphatic heterocycles. The van der Waals surface area contributed by atoms with Gasteiger partial charge in [0, 0.05) is 24.5 Å². The first kappa shape index (κ1) is 21.6. The minimum Gasteiger partial charge on any atom is -0.480 e. The molecule has 0 fully saturated rings. The Balaban J connectivity index is 1.64. The van der Waals surface area contributed by atoms with Crippen molar-refractivity contribution < 1.29 is 9.90 Å². The van der Waals surface area contributed by atoms with Gasteiger partial charge in [0.25, 0.3) is 0 Å². The molecule has 1 heterocycles. The fraction of sp³-hybridized carbons (Fsp3) is 0.333. The maximum atomic E-state index is 11.6. The number of thiol groups is 1. The van der Waals surface area contributed by atoms with E-state index in [0.717, 1.165) is 34.6 Å². The monoisotopic (exact) mass is 426 g/mol. The summed E-state index contributed by atoms with van der Waals surface area (Å²) in [5.74, 6) is -0.834. The SMILES string of the molecule is Cc1ccc(N(CCCNc2cccc(-n3nnnc3S)c2)C(C)C(=O)O)c(C)c1. The van der Waals surface area contributed by atoms with Crippen molar-refractivity contribution in [3.63, 3.8) is 0 Å². The molecule has 0 radical (unpaired) electrons. The van der Waals surface area contributed by atoms with Gasteiger partial charge >= 0.3 is 5.97 Å². The average molecular weight is 427 g/mol. The summed E-state index contributed by atoms with van der Waals surface area (Å²) in [6.07, 6.45) is 0.776. The number of carboxylic acid groups (broad SMARTS) is 1. The van der Waals surface area contributed by atoms with Crippen molar-refractivity contribution in [3.05, 3.63) is 53.6 Å². The van der Waals surface area contributed by atoms with Crippen molar-refractivity contribution in [2.45, 2.75) is 38.4 Å². The van der Waals surface area contributed by atoms with Crippen molar-refractivity contribution >= 4 is 30.0 Å². The van der Waals surface area contributed by atoms with Crippen molar-refractivity contribution in [3.8, 4) is 5.69 Å². The lowest BCUT2D eigenvalue weighted by Gasteiger charge is -2.30. The van der Waals surface area contributed by atoms with E-state index in [1.54, 1.807) is 11.6 Å². The van der Waals surface area contributed by atoms with Gasteiger partial charge in [-0.3, -0.25) is 0 Å². The van der Waals surface area contributed by atoms with E-state index < -0.39 is 12.0 Å². The second-order valence-corrected chi connectivity index (χ2v) is 7.62. The van der Waals surface area contributed by atoms with E-state index in [2.05, 4.69) is 39.5 Å². The van der Waals surface area contributed by atoms with E-state index >= 15 is 0 Å². The van der Waals surface area contributed by atoms with Crippen LogP contribution in [0.15, 0.2) is 47.6 Å². The number of aliphatic carboxylic acids is 1.